The Labute approximate surface area is 179 Å². The van der Waals surface area contributed by atoms with Crippen LogP contribution in [0.15, 0.2) is 70.6 Å². The first-order valence-electron chi connectivity index (χ1n) is 9.84. The molecule has 1 heterocycles. The van der Waals surface area contributed by atoms with Crippen LogP contribution in [0.4, 0.5) is 0 Å². The highest BCUT2D eigenvalue weighted by Gasteiger charge is 2.12. The molecule has 3 aromatic carbocycles. The van der Waals surface area contributed by atoms with Gasteiger partial charge in [-0.05, 0) is 47.5 Å². The van der Waals surface area contributed by atoms with Crippen LogP contribution in [0.1, 0.15) is 22.8 Å². The lowest BCUT2D eigenvalue weighted by molar-refractivity contribution is 0.0827. The van der Waals surface area contributed by atoms with E-state index in [9.17, 15) is 9.59 Å². The molecule has 4 rings (SSSR count). The summed E-state index contributed by atoms with van der Waals surface area (Å²) in [6.07, 6.45) is 0. The van der Waals surface area contributed by atoms with E-state index < -0.39 is 0 Å². The molecule has 30 heavy (non-hydrogen) atoms. The van der Waals surface area contributed by atoms with Crippen LogP contribution in [0.5, 0.6) is 0 Å². The van der Waals surface area contributed by atoms with Gasteiger partial charge in [0.2, 0.25) is 0 Å². The van der Waals surface area contributed by atoms with E-state index in [4.69, 9.17) is 4.98 Å². The van der Waals surface area contributed by atoms with Gasteiger partial charge in [-0.2, -0.15) is 0 Å². The van der Waals surface area contributed by atoms with E-state index in [-0.39, 0.29) is 11.5 Å². The van der Waals surface area contributed by atoms with Crippen LogP contribution < -0.4 is 5.56 Å². The van der Waals surface area contributed by atoms with Crippen molar-refractivity contribution in [2.45, 2.75) is 24.4 Å². The Kier molecular flexibility index (Phi) is 5.59. The van der Waals surface area contributed by atoms with Crippen LogP contribution in [0.25, 0.3) is 21.7 Å². The highest BCUT2D eigenvalue weighted by Crippen LogP contribution is 2.25. The van der Waals surface area contributed by atoms with Gasteiger partial charge in [0.25, 0.3) is 11.5 Å². The van der Waals surface area contributed by atoms with Crippen LogP contribution in [0.2, 0.25) is 0 Å². The van der Waals surface area contributed by atoms with E-state index in [2.05, 4.69) is 0 Å². The first kappa shape index (κ1) is 20.2. The van der Waals surface area contributed by atoms with Crippen LogP contribution in [-0.2, 0) is 12.3 Å². The van der Waals surface area contributed by atoms with Gasteiger partial charge in [-0.3, -0.25) is 14.2 Å². The largest absolute Gasteiger partial charge is 0.345 e. The lowest BCUT2D eigenvalue weighted by atomic mass is 10.1. The highest BCUT2D eigenvalue weighted by molar-refractivity contribution is 7.98. The minimum Gasteiger partial charge on any atom is -0.345 e. The summed E-state index contributed by atoms with van der Waals surface area (Å²) in [5.74, 6) is 0.652. The average molecular weight is 418 g/mol. The van der Waals surface area contributed by atoms with E-state index in [1.165, 1.54) is 11.8 Å². The van der Waals surface area contributed by atoms with Crippen LogP contribution in [0, 0.1) is 0 Å². The number of fused-ring (bicyclic) bond motifs is 2. The Morgan fingerprint density at radius 3 is 2.33 bits per heavy atom. The fraction of sp³-hybridized carbons (Fsp3) is 0.208. The average Bonchev–Trinajstić information content (AvgIpc) is 2.76. The molecule has 1 aromatic heterocycles. The van der Waals surface area contributed by atoms with Crippen molar-refractivity contribution >= 4 is 39.3 Å². The molecule has 6 heteroatoms. The molecule has 0 spiro atoms. The lowest BCUT2D eigenvalue weighted by Gasteiger charge is -2.13. The summed E-state index contributed by atoms with van der Waals surface area (Å²) >= 11 is 1.54. The van der Waals surface area contributed by atoms with Gasteiger partial charge in [-0.1, -0.05) is 48.2 Å². The third-order valence-corrected chi connectivity index (χ3v) is 6.13. The first-order chi connectivity index (χ1) is 14.5. The van der Waals surface area contributed by atoms with Crippen molar-refractivity contribution in [3.63, 3.8) is 0 Å². The normalized spacial score (nSPS) is 11.2. The molecule has 0 bridgehead atoms. The van der Waals surface area contributed by atoms with Gasteiger partial charge in [0, 0.05) is 32.0 Å². The van der Waals surface area contributed by atoms with E-state index in [0.29, 0.717) is 28.4 Å². The molecule has 0 N–H and O–H groups in total. The van der Waals surface area contributed by atoms with Crippen LogP contribution in [0.3, 0.4) is 0 Å². The Morgan fingerprint density at radius 2 is 1.70 bits per heavy atom. The maximum absolute atomic E-state index is 13.1. The molecule has 0 aliphatic heterocycles. The maximum Gasteiger partial charge on any atom is 0.262 e. The number of thioether (sulfide) groups is 1. The van der Waals surface area contributed by atoms with Gasteiger partial charge in [-0.15, -0.1) is 0 Å². The number of aromatic nitrogens is 2. The predicted molar refractivity (Wildman–Crippen MR) is 123 cm³/mol. The van der Waals surface area contributed by atoms with E-state index >= 15 is 0 Å². The minimum atomic E-state index is -0.0163. The lowest BCUT2D eigenvalue weighted by Crippen LogP contribution is -2.22. The van der Waals surface area contributed by atoms with E-state index in [0.717, 1.165) is 21.9 Å². The van der Waals surface area contributed by atoms with Crippen molar-refractivity contribution in [1.29, 1.82) is 0 Å². The molecular formula is C24H23N3O2S. The van der Waals surface area contributed by atoms with Gasteiger partial charge in [0.15, 0.2) is 5.16 Å². The molecule has 0 atom stereocenters. The van der Waals surface area contributed by atoms with Crippen molar-refractivity contribution in [2.75, 3.05) is 14.1 Å². The number of rotatable bonds is 5. The number of carbonyl (C=O) groups excluding carboxylic acids is 1. The summed E-state index contributed by atoms with van der Waals surface area (Å²) < 4.78 is 1.73. The molecular weight excluding hydrogens is 394 g/mol. The van der Waals surface area contributed by atoms with Gasteiger partial charge in [-0.25, -0.2) is 4.98 Å². The van der Waals surface area contributed by atoms with Crippen molar-refractivity contribution < 1.29 is 4.79 Å². The zero-order valence-electron chi connectivity index (χ0n) is 17.3. The number of amides is 1. The van der Waals surface area contributed by atoms with Crippen molar-refractivity contribution in [3.8, 4) is 0 Å². The molecule has 5 nitrogen and oxygen atoms in total. The number of carbonyl (C=O) groups is 1. The molecule has 1 amide bonds. The summed E-state index contributed by atoms with van der Waals surface area (Å²) in [6.45, 7) is 2.52. The Balaban J connectivity index is 1.66. The zero-order chi connectivity index (χ0) is 21.3. The van der Waals surface area contributed by atoms with Crippen LogP contribution in [-0.4, -0.2) is 34.5 Å². The quantitative estimate of drug-likeness (QED) is 0.271. The summed E-state index contributed by atoms with van der Waals surface area (Å²) in [6, 6.07) is 19.5. The van der Waals surface area contributed by atoms with Gasteiger partial charge < -0.3 is 4.90 Å². The Bertz CT molecular complexity index is 1290. The third-order valence-electron chi connectivity index (χ3n) is 5.08. The van der Waals surface area contributed by atoms with Gasteiger partial charge in [0.05, 0.1) is 10.9 Å². The van der Waals surface area contributed by atoms with Crippen LogP contribution >= 0.6 is 11.8 Å². The molecule has 0 radical (unpaired) electrons. The Morgan fingerprint density at radius 1 is 1.03 bits per heavy atom. The second-order valence-electron chi connectivity index (χ2n) is 7.35. The maximum atomic E-state index is 13.1. The molecule has 4 aromatic rings. The zero-order valence-corrected chi connectivity index (χ0v) is 18.1. The fourth-order valence-corrected chi connectivity index (χ4v) is 4.45. The first-order valence-corrected chi connectivity index (χ1v) is 10.8. The van der Waals surface area contributed by atoms with Crippen molar-refractivity contribution in [2.24, 2.45) is 0 Å². The standard InChI is InChI=1S/C24H23N3O2S/c1-4-27-23(29)20-13-18-7-5-6-8-19(18)14-21(20)25-24(27)30-15-16-9-11-17(12-10-16)22(28)26(2)3/h5-14H,4,15H2,1-3H3. The van der Waals surface area contributed by atoms with Gasteiger partial charge in [0.1, 0.15) is 0 Å². The fourth-order valence-electron chi connectivity index (χ4n) is 3.43. The monoisotopic (exact) mass is 417 g/mol. The second kappa shape index (κ2) is 8.32. The van der Waals surface area contributed by atoms with Crippen molar-refractivity contribution in [3.05, 3.63) is 82.1 Å². The summed E-state index contributed by atoms with van der Waals surface area (Å²) in [5.41, 5.74) is 2.45. The summed E-state index contributed by atoms with van der Waals surface area (Å²) in [7, 11) is 3.48. The van der Waals surface area contributed by atoms with Gasteiger partial charge >= 0.3 is 0 Å². The number of benzene rings is 3. The number of hydrogen-bond acceptors (Lipinski definition) is 4. The highest BCUT2D eigenvalue weighted by atomic mass is 32.2. The predicted octanol–water partition coefficient (Wildman–Crippen LogP) is 4.56. The molecule has 0 unspecified atom stereocenters. The Hall–Kier alpha value is -3.12. The molecule has 0 aliphatic carbocycles. The second-order valence-corrected chi connectivity index (χ2v) is 8.29. The minimum absolute atomic E-state index is 0.0114. The number of hydrogen-bond donors (Lipinski definition) is 0. The third kappa shape index (κ3) is 3.83. The summed E-state index contributed by atoms with van der Waals surface area (Å²) in [4.78, 5) is 31.5. The topological polar surface area (TPSA) is 55.2 Å². The summed E-state index contributed by atoms with van der Waals surface area (Å²) in [5, 5.41) is 3.47. The van der Waals surface area contributed by atoms with Crippen molar-refractivity contribution in [1.82, 2.24) is 14.5 Å². The molecule has 152 valence electrons. The molecule has 0 fully saturated rings. The SMILES string of the molecule is CCn1c(SCc2ccc(C(=O)N(C)C)cc2)nc2cc3ccccc3cc2c1=O. The molecule has 0 saturated carbocycles. The molecule has 0 saturated heterocycles. The van der Waals surface area contributed by atoms with E-state index in [1.54, 1.807) is 23.6 Å². The smallest absolute Gasteiger partial charge is 0.262 e. The molecule has 0 aliphatic rings. The van der Waals surface area contributed by atoms with E-state index in [1.807, 2.05) is 67.6 Å². The number of nitrogens with zero attached hydrogens (tertiary/aromatic N) is 3.